The standard InChI is InChI=1S/C11H11NO.ClH/c1-2-4-10-8(3-1)9-7-12-6-5-11(9)13-10;/h1-4,12H,5-7H2;1H. The molecular weight excluding hydrogens is 198 g/mol. The minimum Gasteiger partial charge on any atom is -1.00 e. The number of para-hydroxylation sites is 1. The quantitative estimate of drug-likeness (QED) is 0.538. The molecule has 1 aromatic heterocycles. The van der Waals surface area contributed by atoms with E-state index < -0.39 is 0 Å². The molecule has 0 saturated heterocycles. The van der Waals surface area contributed by atoms with Gasteiger partial charge in [0.25, 0.3) is 0 Å². The van der Waals surface area contributed by atoms with Crippen LogP contribution in [0.1, 0.15) is 11.3 Å². The van der Waals surface area contributed by atoms with Gasteiger partial charge < -0.3 is 22.1 Å². The van der Waals surface area contributed by atoms with E-state index in [4.69, 9.17) is 4.42 Å². The van der Waals surface area contributed by atoms with E-state index in [1.165, 1.54) is 16.7 Å². The summed E-state index contributed by atoms with van der Waals surface area (Å²) in [6.45, 7) is 2.24. The molecule has 0 bridgehead atoms. The van der Waals surface area contributed by atoms with E-state index in [1.807, 2.05) is 12.1 Å². The Morgan fingerprint density at radius 1 is 1.21 bits per heavy atom. The Labute approximate surface area is 88.7 Å². The first kappa shape index (κ1) is 9.56. The fourth-order valence-electron chi connectivity index (χ4n) is 2.05. The lowest BCUT2D eigenvalue weighted by molar-refractivity contribution is -0.673. The number of benzene rings is 1. The maximum Gasteiger partial charge on any atom is 0.134 e. The molecule has 74 valence electrons. The molecule has 14 heavy (non-hydrogen) atoms. The Bertz CT molecular complexity index is 449. The van der Waals surface area contributed by atoms with E-state index in [9.17, 15) is 0 Å². The number of quaternary nitrogens is 1. The van der Waals surface area contributed by atoms with Crippen LogP contribution in [0, 0.1) is 0 Å². The molecule has 3 heteroatoms. The van der Waals surface area contributed by atoms with Gasteiger partial charge in [0.15, 0.2) is 0 Å². The van der Waals surface area contributed by atoms with Crippen molar-refractivity contribution in [2.24, 2.45) is 0 Å². The van der Waals surface area contributed by atoms with E-state index in [0.29, 0.717) is 0 Å². The summed E-state index contributed by atoms with van der Waals surface area (Å²) in [5, 5.41) is 3.64. The van der Waals surface area contributed by atoms with Crippen molar-refractivity contribution in [2.45, 2.75) is 13.0 Å². The zero-order valence-corrected chi connectivity index (χ0v) is 8.55. The molecule has 0 amide bonds. The third-order valence-electron chi connectivity index (χ3n) is 2.71. The molecule has 0 unspecified atom stereocenters. The summed E-state index contributed by atoms with van der Waals surface area (Å²) in [7, 11) is 0. The summed E-state index contributed by atoms with van der Waals surface area (Å²) in [6.07, 6.45) is 1.07. The van der Waals surface area contributed by atoms with Crippen LogP contribution in [0.2, 0.25) is 0 Å². The number of halogens is 1. The van der Waals surface area contributed by atoms with Crippen molar-refractivity contribution in [3.05, 3.63) is 35.6 Å². The molecule has 2 N–H and O–H groups in total. The predicted molar refractivity (Wildman–Crippen MR) is 50.4 cm³/mol. The van der Waals surface area contributed by atoms with Gasteiger partial charge in [-0.05, 0) is 6.07 Å². The van der Waals surface area contributed by atoms with Crippen molar-refractivity contribution in [3.8, 4) is 0 Å². The lowest BCUT2D eigenvalue weighted by Crippen LogP contribution is -3.00. The number of hydrogen-bond donors (Lipinski definition) is 1. The Morgan fingerprint density at radius 2 is 2.07 bits per heavy atom. The van der Waals surface area contributed by atoms with Crippen LogP contribution in [-0.4, -0.2) is 6.54 Å². The molecule has 0 saturated carbocycles. The molecule has 0 fully saturated rings. The largest absolute Gasteiger partial charge is 1.00 e. The third kappa shape index (κ3) is 1.31. The maximum atomic E-state index is 5.77. The second-order valence-corrected chi connectivity index (χ2v) is 3.53. The van der Waals surface area contributed by atoms with E-state index in [-0.39, 0.29) is 12.4 Å². The average Bonchev–Trinajstić information content (AvgIpc) is 2.56. The molecule has 0 aliphatic carbocycles. The fraction of sp³-hybridized carbons (Fsp3) is 0.273. The van der Waals surface area contributed by atoms with Crippen molar-refractivity contribution in [1.29, 1.82) is 0 Å². The van der Waals surface area contributed by atoms with Gasteiger partial charge in [0.1, 0.15) is 17.9 Å². The SMILES string of the molecule is [Cl-].c1ccc2c3c(oc2c1)CC[NH2+]C3. The second-order valence-electron chi connectivity index (χ2n) is 3.53. The van der Waals surface area contributed by atoms with Crippen LogP contribution in [-0.2, 0) is 13.0 Å². The van der Waals surface area contributed by atoms with Crippen LogP contribution < -0.4 is 17.7 Å². The highest BCUT2D eigenvalue weighted by Gasteiger charge is 2.18. The van der Waals surface area contributed by atoms with Gasteiger partial charge in [-0.15, -0.1) is 0 Å². The van der Waals surface area contributed by atoms with Crippen molar-refractivity contribution in [1.82, 2.24) is 0 Å². The highest BCUT2D eigenvalue weighted by Crippen LogP contribution is 2.26. The van der Waals surface area contributed by atoms with Crippen LogP contribution in [0.5, 0.6) is 0 Å². The molecule has 1 aliphatic heterocycles. The first-order valence-electron chi connectivity index (χ1n) is 4.76. The molecule has 2 nitrogen and oxygen atoms in total. The Kier molecular flexibility index (Phi) is 2.48. The zero-order chi connectivity index (χ0) is 8.67. The van der Waals surface area contributed by atoms with E-state index in [2.05, 4.69) is 17.4 Å². The minimum absolute atomic E-state index is 0. The van der Waals surface area contributed by atoms with Gasteiger partial charge in [0.05, 0.1) is 18.5 Å². The molecule has 1 aromatic carbocycles. The maximum absolute atomic E-state index is 5.77. The summed E-state index contributed by atoms with van der Waals surface area (Å²) in [5.41, 5.74) is 2.45. The predicted octanol–water partition coefficient (Wildman–Crippen LogP) is -1.94. The van der Waals surface area contributed by atoms with Crippen molar-refractivity contribution >= 4 is 11.0 Å². The number of nitrogens with two attached hydrogens (primary N) is 1. The Morgan fingerprint density at radius 3 is 3.00 bits per heavy atom. The lowest BCUT2D eigenvalue weighted by Gasteiger charge is -2.07. The van der Waals surface area contributed by atoms with Crippen LogP contribution in [0.15, 0.2) is 28.7 Å². The van der Waals surface area contributed by atoms with Crippen LogP contribution >= 0.6 is 0 Å². The number of fused-ring (bicyclic) bond motifs is 3. The minimum atomic E-state index is 0. The molecule has 0 radical (unpaired) electrons. The first-order valence-corrected chi connectivity index (χ1v) is 4.76. The number of furan rings is 1. The van der Waals surface area contributed by atoms with Crippen molar-refractivity contribution < 1.29 is 22.1 Å². The molecule has 0 atom stereocenters. The van der Waals surface area contributed by atoms with Gasteiger partial charge in [-0.1, -0.05) is 18.2 Å². The highest BCUT2D eigenvalue weighted by molar-refractivity contribution is 5.82. The molecule has 2 aromatic rings. The fourth-order valence-corrected chi connectivity index (χ4v) is 2.05. The van der Waals surface area contributed by atoms with E-state index >= 15 is 0 Å². The summed E-state index contributed by atoms with van der Waals surface area (Å²) < 4.78 is 5.77. The van der Waals surface area contributed by atoms with Crippen molar-refractivity contribution in [3.63, 3.8) is 0 Å². The number of hydrogen-bond acceptors (Lipinski definition) is 1. The third-order valence-corrected chi connectivity index (χ3v) is 2.71. The first-order chi connectivity index (χ1) is 6.45. The van der Waals surface area contributed by atoms with E-state index in [1.54, 1.807) is 0 Å². The van der Waals surface area contributed by atoms with Gasteiger partial charge in [-0.2, -0.15) is 0 Å². The lowest BCUT2D eigenvalue weighted by atomic mass is 10.1. The molecule has 3 rings (SSSR count). The highest BCUT2D eigenvalue weighted by atomic mass is 35.5. The molecule has 0 spiro atoms. The zero-order valence-electron chi connectivity index (χ0n) is 7.79. The van der Waals surface area contributed by atoms with Gasteiger partial charge in [0.2, 0.25) is 0 Å². The second kappa shape index (κ2) is 3.64. The molecule has 1 aliphatic rings. The topological polar surface area (TPSA) is 29.8 Å². The van der Waals surface area contributed by atoms with Crippen LogP contribution in [0.25, 0.3) is 11.0 Å². The van der Waals surface area contributed by atoms with Gasteiger partial charge in [-0.25, -0.2) is 0 Å². The molecular formula is C11H12ClNO. The van der Waals surface area contributed by atoms with Crippen LogP contribution in [0.4, 0.5) is 0 Å². The molecule has 2 heterocycles. The summed E-state index contributed by atoms with van der Waals surface area (Å²) >= 11 is 0. The monoisotopic (exact) mass is 209 g/mol. The summed E-state index contributed by atoms with van der Waals surface area (Å²) in [4.78, 5) is 0. The average molecular weight is 210 g/mol. The summed E-state index contributed by atoms with van der Waals surface area (Å²) in [6, 6.07) is 8.30. The Hall–Kier alpha value is -0.990. The van der Waals surface area contributed by atoms with Crippen LogP contribution in [0.3, 0.4) is 0 Å². The smallest absolute Gasteiger partial charge is 0.134 e. The van der Waals surface area contributed by atoms with Gasteiger partial charge >= 0.3 is 0 Å². The Balaban J connectivity index is 0.000000750. The summed E-state index contributed by atoms with van der Waals surface area (Å²) in [5.74, 6) is 1.20. The normalized spacial score (nSPS) is 14.9. The van der Waals surface area contributed by atoms with E-state index in [0.717, 1.165) is 25.1 Å². The van der Waals surface area contributed by atoms with Gasteiger partial charge in [-0.3, -0.25) is 0 Å². The van der Waals surface area contributed by atoms with Crippen molar-refractivity contribution in [2.75, 3.05) is 6.54 Å². The number of rotatable bonds is 0. The van der Waals surface area contributed by atoms with Gasteiger partial charge in [0, 0.05) is 5.39 Å².